The Morgan fingerprint density at radius 2 is 1.58 bits per heavy atom. The number of hydrogen-bond acceptors (Lipinski definition) is 5. The smallest absolute Gasteiger partial charge is 0.341 e. The second-order valence-electron chi connectivity index (χ2n) is 5.57. The minimum absolute atomic E-state index is 0.255. The van der Waals surface area contributed by atoms with Gasteiger partial charge in [-0.3, -0.25) is 0 Å². The summed E-state index contributed by atoms with van der Waals surface area (Å²) < 4.78 is 16.6. The van der Waals surface area contributed by atoms with Gasteiger partial charge in [0.05, 0.1) is 7.11 Å². The molecule has 0 bridgehead atoms. The zero-order chi connectivity index (χ0) is 18.4. The van der Waals surface area contributed by atoms with Crippen LogP contribution in [0.15, 0.2) is 72.8 Å². The highest BCUT2D eigenvalue weighted by atomic mass is 16.5. The fourth-order valence-electron chi connectivity index (χ4n) is 2.41. The van der Waals surface area contributed by atoms with Crippen molar-refractivity contribution in [2.24, 2.45) is 0 Å². The van der Waals surface area contributed by atoms with Crippen LogP contribution in [0.2, 0.25) is 0 Å². The second kappa shape index (κ2) is 8.07. The molecule has 5 nitrogen and oxygen atoms in total. The standard InChI is InChI=1S/C21H19NO4/c1-24-21(23)17-13-16(22)11-12-18(17)26-20-10-6-5-9-19(20)25-14-15-7-3-2-4-8-15/h2-13H,14,22H2,1H3. The average Bonchev–Trinajstić information content (AvgIpc) is 2.69. The maximum atomic E-state index is 12.0. The van der Waals surface area contributed by atoms with Gasteiger partial charge < -0.3 is 19.9 Å². The predicted octanol–water partition coefficient (Wildman–Crippen LogP) is 4.43. The van der Waals surface area contributed by atoms with E-state index in [1.165, 1.54) is 13.2 Å². The van der Waals surface area contributed by atoms with Crippen LogP contribution in [0, 0.1) is 0 Å². The van der Waals surface area contributed by atoms with Crippen LogP contribution in [0.4, 0.5) is 5.69 Å². The lowest BCUT2D eigenvalue weighted by Crippen LogP contribution is -2.05. The van der Waals surface area contributed by atoms with Crippen molar-refractivity contribution in [1.82, 2.24) is 0 Å². The number of anilines is 1. The maximum absolute atomic E-state index is 12.0. The molecular formula is C21H19NO4. The number of nitrogen functional groups attached to an aromatic ring is 1. The summed E-state index contributed by atoms with van der Waals surface area (Å²) >= 11 is 0. The van der Waals surface area contributed by atoms with Gasteiger partial charge in [-0.05, 0) is 35.9 Å². The minimum Gasteiger partial charge on any atom is -0.485 e. The zero-order valence-electron chi connectivity index (χ0n) is 14.3. The molecule has 0 saturated heterocycles. The number of carbonyl (C=O) groups is 1. The molecule has 0 aliphatic rings. The van der Waals surface area contributed by atoms with Gasteiger partial charge in [-0.1, -0.05) is 42.5 Å². The molecule has 3 rings (SSSR count). The molecule has 132 valence electrons. The van der Waals surface area contributed by atoms with Gasteiger partial charge in [0.1, 0.15) is 17.9 Å². The van der Waals surface area contributed by atoms with Crippen LogP contribution >= 0.6 is 0 Å². The Kier molecular flexibility index (Phi) is 5.39. The molecule has 0 aliphatic heterocycles. The lowest BCUT2D eigenvalue weighted by Gasteiger charge is -2.14. The molecule has 2 N–H and O–H groups in total. The number of nitrogens with two attached hydrogens (primary N) is 1. The van der Waals surface area contributed by atoms with E-state index in [9.17, 15) is 4.79 Å². The van der Waals surface area contributed by atoms with E-state index in [2.05, 4.69) is 0 Å². The Morgan fingerprint density at radius 1 is 0.885 bits per heavy atom. The zero-order valence-corrected chi connectivity index (χ0v) is 14.3. The normalized spacial score (nSPS) is 10.2. The average molecular weight is 349 g/mol. The Bertz CT molecular complexity index is 894. The van der Waals surface area contributed by atoms with Crippen LogP contribution < -0.4 is 15.2 Å². The first-order chi connectivity index (χ1) is 12.7. The van der Waals surface area contributed by atoms with Crippen molar-refractivity contribution in [3.05, 3.63) is 83.9 Å². The Balaban J connectivity index is 1.84. The number of para-hydroxylation sites is 2. The summed E-state index contributed by atoms with van der Waals surface area (Å²) in [5, 5.41) is 0. The summed E-state index contributed by atoms with van der Waals surface area (Å²) in [4.78, 5) is 12.0. The summed E-state index contributed by atoms with van der Waals surface area (Å²) in [6.45, 7) is 0.410. The first kappa shape index (κ1) is 17.4. The molecule has 3 aromatic carbocycles. The van der Waals surface area contributed by atoms with Crippen LogP contribution in [0.1, 0.15) is 15.9 Å². The highest BCUT2D eigenvalue weighted by Crippen LogP contribution is 2.34. The Hall–Kier alpha value is -3.47. The molecule has 3 aromatic rings. The van der Waals surface area contributed by atoms with Crippen molar-refractivity contribution in [1.29, 1.82) is 0 Å². The van der Waals surface area contributed by atoms with Crippen molar-refractivity contribution in [3.8, 4) is 17.2 Å². The number of benzene rings is 3. The van der Waals surface area contributed by atoms with Crippen molar-refractivity contribution in [3.63, 3.8) is 0 Å². The summed E-state index contributed by atoms with van der Waals surface area (Å²) in [5.41, 5.74) is 7.52. The number of methoxy groups -OCH3 is 1. The predicted molar refractivity (Wildman–Crippen MR) is 99.5 cm³/mol. The third-order valence-corrected chi connectivity index (χ3v) is 3.72. The van der Waals surface area contributed by atoms with Crippen LogP contribution in [-0.2, 0) is 11.3 Å². The van der Waals surface area contributed by atoms with Gasteiger partial charge in [0.25, 0.3) is 0 Å². The van der Waals surface area contributed by atoms with E-state index in [1.807, 2.05) is 48.5 Å². The van der Waals surface area contributed by atoms with Gasteiger partial charge in [-0.25, -0.2) is 4.79 Å². The number of carbonyl (C=O) groups excluding carboxylic acids is 1. The number of rotatable bonds is 6. The Morgan fingerprint density at radius 3 is 2.31 bits per heavy atom. The van der Waals surface area contributed by atoms with Crippen molar-refractivity contribution < 1.29 is 19.0 Å². The van der Waals surface area contributed by atoms with Gasteiger partial charge in [0.15, 0.2) is 11.5 Å². The van der Waals surface area contributed by atoms with Gasteiger partial charge in [0.2, 0.25) is 0 Å². The highest BCUT2D eigenvalue weighted by Gasteiger charge is 2.16. The van der Waals surface area contributed by atoms with Crippen molar-refractivity contribution >= 4 is 11.7 Å². The van der Waals surface area contributed by atoms with Gasteiger partial charge in [0, 0.05) is 5.69 Å². The fraction of sp³-hybridized carbons (Fsp3) is 0.0952. The molecule has 0 aliphatic carbocycles. The van der Waals surface area contributed by atoms with E-state index >= 15 is 0 Å². The van der Waals surface area contributed by atoms with Crippen molar-refractivity contribution in [2.45, 2.75) is 6.61 Å². The molecule has 0 saturated carbocycles. The third-order valence-electron chi connectivity index (χ3n) is 3.72. The Labute approximate surface area is 151 Å². The molecule has 0 amide bonds. The van der Waals surface area contributed by atoms with E-state index in [4.69, 9.17) is 19.9 Å². The molecule has 26 heavy (non-hydrogen) atoms. The lowest BCUT2D eigenvalue weighted by molar-refractivity contribution is 0.0598. The van der Waals surface area contributed by atoms with E-state index in [0.29, 0.717) is 29.5 Å². The van der Waals surface area contributed by atoms with E-state index in [1.54, 1.807) is 18.2 Å². The van der Waals surface area contributed by atoms with Crippen molar-refractivity contribution in [2.75, 3.05) is 12.8 Å². The largest absolute Gasteiger partial charge is 0.485 e. The maximum Gasteiger partial charge on any atom is 0.341 e. The summed E-state index contributed by atoms with van der Waals surface area (Å²) in [6.07, 6.45) is 0. The highest BCUT2D eigenvalue weighted by molar-refractivity contribution is 5.93. The van der Waals surface area contributed by atoms with E-state index < -0.39 is 5.97 Å². The van der Waals surface area contributed by atoms with E-state index in [0.717, 1.165) is 5.56 Å². The van der Waals surface area contributed by atoms with Crippen LogP contribution in [0.3, 0.4) is 0 Å². The fourth-order valence-corrected chi connectivity index (χ4v) is 2.41. The molecule has 5 heteroatoms. The summed E-state index contributed by atoms with van der Waals surface area (Å²) in [6, 6.07) is 21.9. The molecule has 0 atom stereocenters. The molecule has 0 fully saturated rings. The molecule has 0 radical (unpaired) electrons. The molecular weight excluding hydrogens is 330 g/mol. The molecule has 0 aromatic heterocycles. The minimum atomic E-state index is -0.519. The van der Waals surface area contributed by atoms with Crippen LogP contribution in [0.5, 0.6) is 17.2 Å². The number of hydrogen-bond donors (Lipinski definition) is 1. The first-order valence-corrected chi connectivity index (χ1v) is 8.09. The molecule has 0 unspecified atom stereocenters. The van der Waals surface area contributed by atoms with Crippen LogP contribution in [-0.4, -0.2) is 13.1 Å². The monoisotopic (exact) mass is 349 g/mol. The first-order valence-electron chi connectivity index (χ1n) is 8.09. The third kappa shape index (κ3) is 4.13. The lowest BCUT2D eigenvalue weighted by atomic mass is 10.2. The van der Waals surface area contributed by atoms with Crippen LogP contribution in [0.25, 0.3) is 0 Å². The quantitative estimate of drug-likeness (QED) is 0.527. The van der Waals surface area contributed by atoms with Gasteiger partial charge in [-0.15, -0.1) is 0 Å². The topological polar surface area (TPSA) is 70.8 Å². The van der Waals surface area contributed by atoms with Gasteiger partial charge >= 0.3 is 5.97 Å². The molecule has 0 heterocycles. The number of esters is 1. The number of ether oxygens (including phenoxy) is 3. The SMILES string of the molecule is COC(=O)c1cc(N)ccc1Oc1ccccc1OCc1ccccc1. The molecule has 0 spiro atoms. The van der Waals surface area contributed by atoms with Gasteiger partial charge in [-0.2, -0.15) is 0 Å². The summed E-state index contributed by atoms with van der Waals surface area (Å²) in [5.74, 6) is 0.902. The van der Waals surface area contributed by atoms with E-state index in [-0.39, 0.29) is 5.56 Å². The second-order valence-corrected chi connectivity index (χ2v) is 5.57. The summed E-state index contributed by atoms with van der Waals surface area (Å²) in [7, 11) is 1.31.